The van der Waals surface area contributed by atoms with Crippen molar-refractivity contribution in [2.45, 2.75) is 19.5 Å². The Hall–Kier alpha value is -0.490. The molecule has 3 N–H and O–H groups in total. The number of nitrogens with zero attached hydrogens (tertiary/aromatic N) is 1. The van der Waals surface area contributed by atoms with Crippen molar-refractivity contribution in [2.75, 3.05) is 20.3 Å². The van der Waals surface area contributed by atoms with Gasteiger partial charge in [0.25, 0.3) is 0 Å². The van der Waals surface area contributed by atoms with Gasteiger partial charge in [0.1, 0.15) is 0 Å². The molecule has 0 aromatic carbocycles. The summed E-state index contributed by atoms with van der Waals surface area (Å²) in [5.74, 6) is 0. The summed E-state index contributed by atoms with van der Waals surface area (Å²) in [5, 5.41) is 3.28. The number of aromatic nitrogens is 1. The van der Waals surface area contributed by atoms with Gasteiger partial charge in [0.15, 0.2) is 0 Å². The molecule has 0 aliphatic carbocycles. The highest BCUT2D eigenvalue weighted by molar-refractivity contribution is 7.09. The van der Waals surface area contributed by atoms with Crippen LogP contribution in [-0.4, -0.2) is 31.3 Å². The van der Waals surface area contributed by atoms with Crippen molar-refractivity contribution in [1.82, 2.24) is 10.3 Å². The maximum Gasteiger partial charge on any atom is 0.0798 e. The number of nitrogens with one attached hydrogen (secondary N) is 1. The third-order valence-electron chi connectivity index (χ3n) is 1.92. The van der Waals surface area contributed by atoms with E-state index in [2.05, 4.69) is 10.3 Å². The predicted molar refractivity (Wildman–Crippen MR) is 58.4 cm³/mol. The lowest BCUT2D eigenvalue weighted by molar-refractivity contribution is 0.179. The fourth-order valence-corrected chi connectivity index (χ4v) is 1.89. The van der Waals surface area contributed by atoms with Crippen molar-refractivity contribution in [3.63, 3.8) is 0 Å². The zero-order valence-electron chi connectivity index (χ0n) is 8.62. The summed E-state index contributed by atoms with van der Waals surface area (Å²) >= 11 is 1.67. The lowest BCUT2D eigenvalue weighted by Gasteiger charge is -2.10. The van der Waals surface area contributed by atoms with E-state index in [0.717, 1.165) is 18.8 Å². The molecule has 14 heavy (non-hydrogen) atoms. The topological polar surface area (TPSA) is 60.2 Å². The van der Waals surface area contributed by atoms with Gasteiger partial charge in [-0.05, 0) is 6.92 Å². The van der Waals surface area contributed by atoms with Gasteiger partial charge in [-0.1, -0.05) is 0 Å². The largest absolute Gasteiger partial charge is 0.383 e. The number of nitrogens with two attached hydrogens (primary N) is 1. The molecule has 0 spiro atoms. The summed E-state index contributed by atoms with van der Waals surface area (Å²) in [5.41, 5.74) is 8.72. The van der Waals surface area contributed by atoms with E-state index in [1.165, 1.54) is 4.88 Å². The van der Waals surface area contributed by atoms with Crippen molar-refractivity contribution in [3.8, 4) is 0 Å². The number of methoxy groups -OCH3 is 1. The van der Waals surface area contributed by atoms with Gasteiger partial charge in [0, 0.05) is 31.1 Å². The van der Waals surface area contributed by atoms with E-state index >= 15 is 0 Å². The van der Waals surface area contributed by atoms with Gasteiger partial charge < -0.3 is 15.8 Å². The molecule has 1 unspecified atom stereocenters. The molecule has 0 saturated heterocycles. The number of hydrogen-bond acceptors (Lipinski definition) is 5. The molecule has 0 radical (unpaired) electrons. The maximum atomic E-state index is 5.76. The Morgan fingerprint density at radius 3 is 3.07 bits per heavy atom. The van der Waals surface area contributed by atoms with Crippen LogP contribution in [0, 0.1) is 6.92 Å². The van der Waals surface area contributed by atoms with E-state index in [0.29, 0.717) is 6.61 Å². The molecule has 1 rings (SSSR count). The first-order valence-electron chi connectivity index (χ1n) is 4.58. The van der Waals surface area contributed by atoms with Crippen molar-refractivity contribution >= 4 is 11.3 Å². The van der Waals surface area contributed by atoms with Crippen LogP contribution in [0.25, 0.3) is 0 Å². The fraction of sp³-hybridized carbons (Fsp3) is 0.667. The molecule has 0 aliphatic heterocycles. The molecule has 0 bridgehead atoms. The minimum Gasteiger partial charge on any atom is -0.383 e. The maximum absolute atomic E-state index is 5.76. The molecule has 5 heteroatoms. The average molecular weight is 215 g/mol. The van der Waals surface area contributed by atoms with Gasteiger partial charge in [0.05, 0.1) is 17.8 Å². The Morgan fingerprint density at radius 2 is 2.50 bits per heavy atom. The fourth-order valence-electron chi connectivity index (χ4n) is 1.14. The lowest BCUT2D eigenvalue weighted by Crippen LogP contribution is -2.36. The molecule has 0 aliphatic rings. The number of thiazole rings is 1. The van der Waals surface area contributed by atoms with Gasteiger partial charge >= 0.3 is 0 Å². The summed E-state index contributed by atoms with van der Waals surface area (Å²) in [6, 6.07) is 0.0632. The normalized spacial score (nSPS) is 13.1. The smallest absolute Gasteiger partial charge is 0.0798 e. The molecule has 0 amide bonds. The van der Waals surface area contributed by atoms with Crippen molar-refractivity contribution in [1.29, 1.82) is 0 Å². The van der Waals surface area contributed by atoms with Crippen molar-refractivity contribution < 1.29 is 4.74 Å². The lowest BCUT2D eigenvalue weighted by atomic mass is 10.3. The number of rotatable bonds is 6. The van der Waals surface area contributed by atoms with E-state index in [9.17, 15) is 0 Å². The Labute approximate surface area is 88.5 Å². The molecule has 1 atom stereocenters. The Bertz CT molecular complexity index is 264. The van der Waals surface area contributed by atoms with Crippen LogP contribution in [0.2, 0.25) is 0 Å². The highest BCUT2D eigenvalue weighted by Crippen LogP contribution is 2.10. The summed E-state index contributed by atoms with van der Waals surface area (Å²) in [6.45, 7) is 4.22. The molecular formula is C9H17N3OS. The van der Waals surface area contributed by atoms with E-state index in [1.807, 2.05) is 12.4 Å². The van der Waals surface area contributed by atoms with E-state index in [4.69, 9.17) is 10.5 Å². The predicted octanol–water partition coefficient (Wildman–Crippen LogP) is 0.515. The minimum atomic E-state index is 0.0632. The first kappa shape index (κ1) is 11.6. The molecule has 0 fully saturated rings. The van der Waals surface area contributed by atoms with Crippen LogP contribution in [-0.2, 0) is 11.3 Å². The van der Waals surface area contributed by atoms with Crippen molar-refractivity contribution in [2.24, 2.45) is 5.73 Å². The van der Waals surface area contributed by atoms with E-state index in [1.54, 1.807) is 18.4 Å². The second-order valence-electron chi connectivity index (χ2n) is 3.21. The summed E-state index contributed by atoms with van der Waals surface area (Å²) in [7, 11) is 1.66. The first-order chi connectivity index (χ1) is 6.74. The number of ether oxygens (including phenoxy) is 1. The number of aryl methyl sites for hydroxylation is 1. The number of hydrogen-bond donors (Lipinski definition) is 2. The second-order valence-corrected chi connectivity index (χ2v) is 4.15. The highest BCUT2D eigenvalue weighted by atomic mass is 32.1. The molecule has 1 heterocycles. The SMILES string of the molecule is COCC(N)CNCc1scnc1C. The van der Waals surface area contributed by atoms with E-state index < -0.39 is 0 Å². The third-order valence-corrected chi connectivity index (χ3v) is 2.85. The van der Waals surface area contributed by atoms with Crippen LogP contribution < -0.4 is 11.1 Å². The van der Waals surface area contributed by atoms with Gasteiger partial charge in [-0.2, -0.15) is 0 Å². The molecule has 0 saturated carbocycles. The quantitative estimate of drug-likeness (QED) is 0.726. The zero-order chi connectivity index (χ0) is 10.4. The van der Waals surface area contributed by atoms with Gasteiger partial charge in [-0.25, -0.2) is 4.98 Å². The van der Waals surface area contributed by atoms with Gasteiger partial charge in [-0.3, -0.25) is 0 Å². The molecule has 4 nitrogen and oxygen atoms in total. The van der Waals surface area contributed by atoms with Crippen LogP contribution in [0.3, 0.4) is 0 Å². The van der Waals surface area contributed by atoms with Crippen LogP contribution in [0.1, 0.15) is 10.6 Å². The molecular weight excluding hydrogens is 198 g/mol. The standard InChI is InChI=1S/C9H17N3OS/c1-7-9(14-6-12-7)4-11-3-8(10)5-13-2/h6,8,11H,3-5,10H2,1-2H3. The average Bonchev–Trinajstić information content (AvgIpc) is 2.52. The Morgan fingerprint density at radius 1 is 1.71 bits per heavy atom. The summed E-state index contributed by atoms with van der Waals surface area (Å²) in [4.78, 5) is 5.45. The summed E-state index contributed by atoms with van der Waals surface area (Å²) in [6.07, 6.45) is 0. The van der Waals surface area contributed by atoms with Crippen LogP contribution in [0.4, 0.5) is 0 Å². The van der Waals surface area contributed by atoms with Crippen LogP contribution in [0.15, 0.2) is 5.51 Å². The second kappa shape index (κ2) is 6.08. The zero-order valence-corrected chi connectivity index (χ0v) is 9.43. The Kier molecular flexibility index (Phi) is 5.03. The van der Waals surface area contributed by atoms with Crippen molar-refractivity contribution in [3.05, 3.63) is 16.1 Å². The van der Waals surface area contributed by atoms with Gasteiger partial charge in [0.2, 0.25) is 0 Å². The monoisotopic (exact) mass is 215 g/mol. The highest BCUT2D eigenvalue weighted by Gasteiger charge is 2.03. The summed E-state index contributed by atoms with van der Waals surface area (Å²) < 4.78 is 4.94. The minimum absolute atomic E-state index is 0.0632. The van der Waals surface area contributed by atoms with Gasteiger partial charge in [-0.15, -0.1) is 11.3 Å². The molecule has 1 aromatic heterocycles. The van der Waals surface area contributed by atoms with E-state index in [-0.39, 0.29) is 6.04 Å². The van der Waals surface area contributed by atoms with Crippen LogP contribution in [0.5, 0.6) is 0 Å². The Balaban J connectivity index is 2.19. The molecule has 80 valence electrons. The van der Waals surface area contributed by atoms with Crippen LogP contribution >= 0.6 is 11.3 Å². The third kappa shape index (κ3) is 3.71. The molecule has 1 aromatic rings. The first-order valence-corrected chi connectivity index (χ1v) is 5.46.